The third-order valence-corrected chi connectivity index (χ3v) is 2.69. The summed E-state index contributed by atoms with van der Waals surface area (Å²) in [6, 6.07) is 8.01. The van der Waals surface area contributed by atoms with Crippen LogP contribution in [0.5, 0.6) is 5.75 Å². The van der Waals surface area contributed by atoms with Crippen molar-refractivity contribution >= 4 is 11.5 Å². The molecule has 1 aromatic heterocycles. The van der Waals surface area contributed by atoms with Gasteiger partial charge in [0.1, 0.15) is 5.75 Å². The highest BCUT2D eigenvalue weighted by Crippen LogP contribution is 2.23. The lowest BCUT2D eigenvalue weighted by molar-refractivity contribution is 0.317. The van der Waals surface area contributed by atoms with Crippen molar-refractivity contribution in [2.24, 2.45) is 0 Å². The van der Waals surface area contributed by atoms with Gasteiger partial charge >= 0.3 is 0 Å². The van der Waals surface area contributed by atoms with Gasteiger partial charge in [0.05, 0.1) is 17.7 Å². The van der Waals surface area contributed by atoms with E-state index in [1.165, 1.54) is 11.5 Å². The Morgan fingerprint density at radius 3 is 2.67 bits per heavy atom. The standard InChI is InChI=1S/C11H12N2OS/c1-2-7-14-10-5-3-9(4-6-10)11-8-12-13-15-11/h3-6,8H,2,7H2,1H3. The van der Waals surface area contributed by atoms with E-state index < -0.39 is 0 Å². The minimum absolute atomic E-state index is 0.765. The molecule has 0 N–H and O–H groups in total. The summed E-state index contributed by atoms with van der Waals surface area (Å²) in [5.41, 5.74) is 1.13. The zero-order valence-corrected chi connectivity index (χ0v) is 9.33. The Morgan fingerprint density at radius 2 is 2.07 bits per heavy atom. The van der Waals surface area contributed by atoms with Crippen molar-refractivity contribution in [3.8, 4) is 16.2 Å². The van der Waals surface area contributed by atoms with Gasteiger partial charge in [0.2, 0.25) is 0 Å². The van der Waals surface area contributed by atoms with Gasteiger partial charge in [-0.15, -0.1) is 5.10 Å². The Hall–Kier alpha value is -1.42. The van der Waals surface area contributed by atoms with Crippen LogP contribution in [0.3, 0.4) is 0 Å². The number of ether oxygens (including phenoxy) is 1. The van der Waals surface area contributed by atoms with E-state index in [9.17, 15) is 0 Å². The minimum Gasteiger partial charge on any atom is -0.494 e. The maximum Gasteiger partial charge on any atom is 0.119 e. The molecule has 0 atom stereocenters. The first-order chi connectivity index (χ1) is 7.40. The van der Waals surface area contributed by atoms with Crippen LogP contribution in [-0.4, -0.2) is 16.2 Å². The molecule has 0 saturated heterocycles. The van der Waals surface area contributed by atoms with Gasteiger partial charge in [-0.3, -0.25) is 0 Å². The lowest BCUT2D eigenvalue weighted by Crippen LogP contribution is -1.94. The first kappa shape index (κ1) is 10.1. The SMILES string of the molecule is CCCOc1ccc(-c2cnns2)cc1. The summed E-state index contributed by atoms with van der Waals surface area (Å²) in [6.45, 7) is 2.86. The second-order valence-corrected chi connectivity index (χ2v) is 3.94. The molecule has 15 heavy (non-hydrogen) atoms. The first-order valence-corrected chi connectivity index (χ1v) is 5.68. The van der Waals surface area contributed by atoms with Crippen molar-refractivity contribution in [3.63, 3.8) is 0 Å². The summed E-state index contributed by atoms with van der Waals surface area (Å²) in [6.07, 6.45) is 2.80. The fourth-order valence-corrected chi connectivity index (χ4v) is 1.75. The molecule has 4 heteroatoms. The molecule has 0 aliphatic heterocycles. The third-order valence-electron chi connectivity index (χ3n) is 1.97. The number of nitrogens with zero attached hydrogens (tertiary/aromatic N) is 2. The van der Waals surface area contributed by atoms with Crippen molar-refractivity contribution in [2.45, 2.75) is 13.3 Å². The zero-order valence-electron chi connectivity index (χ0n) is 8.51. The maximum absolute atomic E-state index is 5.50. The topological polar surface area (TPSA) is 35.0 Å². The van der Waals surface area contributed by atoms with Crippen LogP contribution in [-0.2, 0) is 0 Å². The Bertz CT molecular complexity index is 397. The Morgan fingerprint density at radius 1 is 1.27 bits per heavy atom. The predicted octanol–water partition coefficient (Wildman–Crippen LogP) is 2.99. The molecule has 0 aliphatic rings. The van der Waals surface area contributed by atoms with E-state index >= 15 is 0 Å². The molecule has 78 valence electrons. The molecule has 0 saturated carbocycles. The second-order valence-electron chi connectivity index (χ2n) is 3.15. The van der Waals surface area contributed by atoms with Gasteiger partial charge in [0.25, 0.3) is 0 Å². The van der Waals surface area contributed by atoms with Crippen molar-refractivity contribution in [3.05, 3.63) is 30.5 Å². The fourth-order valence-electron chi connectivity index (χ4n) is 1.23. The summed E-state index contributed by atoms with van der Waals surface area (Å²) in [5.74, 6) is 0.915. The van der Waals surface area contributed by atoms with Gasteiger partial charge in [-0.2, -0.15) is 0 Å². The number of hydrogen-bond acceptors (Lipinski definition) is 4. The normalized spacial score (nSPS) is 10.2. The fraction of sp³-hybridized carbons (Fsp3) is 0.273. The highest BCUT2D eigenvalue weighted by atomic mass is 32.1. The average Bonchev–Trinajstić information content (AvgIpc) is 2.80. The lowest BCUT2D eigenvalue weighted by Gasteiger charge is -2.04. The average molecular weight is 220 g/mol. The molecule has 0 amide bonds. The van der Waals surface area contributed by atoms with Crippen LogP contribution in [0, 0.1) is 0 Å². The van der Waals surface area contributed by atoms with E-state index in [4.69, 9.17) is 4.74 Å². The lowest BCUT2D eigenvalue weighted by atomic mass is 10.2. The van der Waals surface area contributed by atoms with Crippen LogP contribution < -0.4 is 4.74 Å². The number of aromatic nitrogens is 2. The van der Waals surface area contributed by atoms with Crippen LogP contribution in [0.25, 0.3) is 10.4 Å². The monoisotopic (exact) mass is 220 g/mol. The van der Waals surface area contributed by atoms with Crippen LogP contribution >= 0.6 is 11.5 Å². The van der Waals surface area contributed by atoms with E-state index in [1.807, 2.05) is 24.3 Å². The zero-order chi connectivity index (χ0) is 10.5. The molecule has 1 heterocycles. The summed E-state index contributed by atoms with van der Waals surface area (Å²) >= 11 is 1.40. The summed E-state index contributed by atoms with van der Waals surface area (Å²) < 4.78 is 9.33. The number of rotatable bonds is 4. The third kappa shape index (κ3) is 2.53. The largest absolute Gasteiger partial charge is 0.494 e. The van der Waals surface area contributed by atoms with E-state index in [-0.39, 0.29) is 0 Å². The van der Waals surface area contributed by atoms with Crippen molar-refractivity contribution in [1.82, 2.24) is 9.59 Å². The number of benzene rings is 1. The van der Waals surface area contributed by atoms with Gasteiger partial charge in [0.15, 0.2) is 0 Å². The second kappa shape index (κ2) is 4.89. The summed E-state index contributed by atoms with van der Waals surface area (Å²) in [7, 11) is 0. The molecule has 1 aromatic carbocycles. The molecule has 0 spiro atoms. The van der Waals surface area contributed by atoms with Crippen LogP contribution in [0.2, 0.25) is 0 Å². The highest BCUT2D eigenvalue weighted by Gasteiger charge is 2.00. The maximum atomic E-state index is 5.50. The van der Waals surface area contributed by atoms with E-state index in [0.29, 0.717) is 0 Å². The molecule has 2 rings (SSSR count). The molecule has 0 unspecified atom stereocenters. The number of hydrogen-bond donors (Lipinski definition) is 0. The van der Waals surface area contributed by atoms with Crippen molar-refractivity contribution < 1.29 is 4.74 Å². The van der Waals surface area contributed by atoms with E-state index in [1.54, 1.807) is 6.20 Å². The van der Waals surface area contributed by atoms with Gasteiger partial charge in [-0.25, -0.2) is 0 Å². The van der Waals surface area contributed by atoms with Gasteiger partial charge in [-0.1, -0.05) is 11.4 Å². The quantitative estimate of drug-likeness (QED) is 0.794. The molecule has 0 aliphatic carbocycles. The van der Waals surface area contributed by atoms with E-state index in [0.717, 1.165) is 29.2 Å². The van der Waals surface area contributed by atoms with E-state index in [2.05, 4.69) is 16.5 Å². The van der Waals surface area contributed by atoms with Crippen LogP contribution in [0.4, 0.5) is 0 Å². The molecular formula is C11H12N2OS. The van der Waals surface area contributed by atoms with Crippen LogP contribution in [0.1, 0.15) is 13.3 Å². The Labute approximate surface area is 92.9 Å². The molecule has 0 radical (unpaired) electrons. The molecule has 3 nitrogen and oxygen atoms in total. The van der Waals surface area contributed by atoms with Crippen LogP contribution in [0.15, 0.2) is 30.5 Å². The van der Waals surface area contributed by atoms with Gasteiger partial charge in [0, 0.05) is 0 Å². The predicted molar refractivity (Wildman–Crippen MR) is 61.1 cm³/mol. The molecule has 0 fully saturated rings. The summed E-state index contributed by atoms with van der Waals surface area (Å²) in [5, 5.41) is 3.81. The van der Waals surface area contributed by atoms with Crippen molar-refractivity contribution in [1.29, 1.82) is 0 Å². The van der Waals surface area contributed by atoms with Gasteiger partial charge in [-0.05, 0) is 47.8 Å². The first-order valence-electron chi connectivity index (χ1n) is 4.90. The molecule has 2 aromatic rings. The van der Waals surface area contributed by atoms with Crippen molar-refractivity contribution in [2.75, 3.05) is 6.61 Å². The smallest absolute Gasteiger partial charge is 0.119 e. The summed E-state index contributed by atoms with van der Waals surface area (Å²) in [4.78, 5) is 1.08. The Balaban J connectivity index is 2.11. The molecular weight excluding hydrogens is 208 g/mol. The van der Waals surface area contributed by atoms with Gasteiger partial charge < -0.3 is 4.74 Å². The molecule has 0 bridgehead atoms. The minimum atomic E-state index is 0.765. The highest BCUT2D eigenvalue weighted by molar-refractivity contribution is 7.09. The Kier molecular flexibility index (Phi) is 3.29.